The Labute approximate surface area is 154 Å². The fourth-order valence-corrected chi connectivity index (χ4v) is 4.17. The molecular formula is C20H27N3O3. The molecule has 0 aliphatic heterocycles. The van der Waals surface area contributed by atoms with Crippen LogP contribution in [0.5, 0.6) is 11.5 Å². The number of carbonyl (C=O) groups is 1. The number of methoxy groups -OCH3 is 1. The van der Waals surface area contributed by atoms with E-state index in [9.17, 15) is 10.1 Å². The van der Waals surface area contributed by atoms with E-state index in [4.69, 9.17) is 15.2 Å². The first-order chi connectivity index (χ1) is 12.6. The third-order valence-corrected chi connectivity index (χ3v) is 5.71. The lowest BCUT2D eigenvalue weighted by molar-refractivity contribution is 0.200. The Bertz CT molecular complexity index is 684. The molecule has 0 radical (unpaired) electrons. The molecule has 2 fully saturated rings. The van der Waals surface area contributed by atoms with Crippen molar-refractivity contribution in [3.63, 3.8) is 0 Å². The lowest BCUT2D eigenvalue weighted by Gasteiger charge is -2.35. The molecule has 0 saturated heterocycles. The summed E-state index contributed by atoms with van der Waals surface area (Å²) in [6.07, 6.45) is 7.60. The molecule has 2 aliphatic rings. The number of nitriles is 1. The zero-order valence-electron chi connectivity index (χ0n) is 15.3. The van der Waals surface area contributed by atoms with Crippen molar-refractivity contribution in [2.24, 2.45) is 5.73 Å². The first kappa shape index (κ1) is 18.4. The van der Waals surface area contributed by atoms with Gasteiger partial charge in [-0.15, -0.1) is 0 Å². The van der Waals surface area contributed by atoms with E-state index in [1.165, 1.54) is 12.8 Å². The SMILES string of the molecule is COc1ccc(C2(C#N)CCC(NC(N)=O)CC2)cc1OC1CCCC1. The summed E-state index contributed by atoms with van der Waals surface area (Å²) in [6, 6.07) is 7.90. The number of nitrogens with two attached hydrogens (primary N) is 1. The Morgan fingerprint density at radius 1 is 1.23 bits per heavy atom. The quantitative estimate of drug-likeness (QED) is 0.844. The minimum atomic E-state index is -0.560. The van der Waals surface area contributed by atoms with Gasteiger partial charge in [0.15, 0.2) is 11.5 Å². The van der Waals surface area contributed by atoms with Gasteiger partial charge in [-0.1, -0.05) is 6.07 Å². The van der Waals surface area contributed by atoms with Crippen LogP contribution in [0.3, 0.4) is 0 Å². The van der Waals surface area contributed by atoms with E-state index in [-0.39, 0.29) is 12.1 Å². The van der Waals surface area contributed by atoms with Crippen LogP contribution < -0.4 is 20.5 Å². The van der Waals surface area contributed by atoms with Crippen molar-refractivity contribution in [2.45, 2.75) is 68.9 Å². The maximum atomic E-state index is 11.1. The standard InChI is InChI=1S/C20H27N3O3/c1-25-17-7-6-14(12-18(17)26-16-4-2-3-5-16)20(13-21)10-8-15(9-11-20)23-19(22)24/h6-7,12,15-16H,2-5,8-11H2,1H3,(H3,22,23,24). The lowest BCUT2D eigenvalue weighted by atomic mass is 9.69. The van der Waals surface area contributed by atoms with Crippen LogP contribution in [0.1, 0.15) is 56.9 Å². The van der Waals surface area contributed by atoms with Crippen molar-refractivity contribution in [3.8, 4) is 17.6 Å². The largest absolute Gasteiger partial charge is 0.493 e. The van der Waals surface area contributed by atoms with Crippen LogP contribution in [-0.4, -0.2) is 25.3 Å². The maximum Gasteiger partial charge on any atom is 0.312 e. The van der Waals surface area contributed by atoms with Gasteiger partial charge in [0.25, 0.3) is 0 Å². The average molecular weight is 357 g/mol. The van der Waals surface area contributed by atoms with Gasteiger partial charge < -0.3 is 20.5 Å². The summed E-state index contributed by atoms with van der Waals surface area (Å²) in [6.45, 7) is 0. The van der Waals surface area contributed by atoms with Crippen molar-refractivity contribution in [1.82, 2.24) is 5.32 Å². The lowest BCUT2D eigenvalue weighted by Crippen LogP contribution is -2.43. The van der Waals surface area contributed by atoms with Gasteiger partial charge in [0, 0.05) is 6.04 Å². The highest BCUT2D eigenvalue weighted by atomic mass is 16.5. The third kappa shape index (κ3) is 3.87. The molecule has 3 N–H and O–H groups in total. The number of primary amides is 1. The first-order valence-electron chi connectivity index (χ1n) is 9.39. The van der Waals surface area contributed by atoms with Gasteiger partial charge >= 0.3 is 6.03 Å². The molecule has 2 aliphatic carbocycles. The van der Waals surface area contributed by atoms with Crippen LogP contribution in [0.25, 0.3) is 0 Å². The number of hydrogen-bond acceptors (Lipinski definition) is 4. The molecule has 26 heavy (non-hydrogen) atoms. The second kappa shape index (κ2) is 7.86. The number of nitrogens with one attached hydrogen (secondary N) is 1. The molecule has 2 saturated carbocycles. The highest BCUT2D eigenvalue weighted by molar-refractivity contribution is 5.72. The molecule has 1 aromatic rings. The zero-order valence-corrected chi connectivity index (χ0v) is 15.3. The molecule has 0 bridgehead atoms. The number of hydrogen-bond donors (Lipinski definition) is 2. The summed E-state index contributed by atoms with van der Waals surface area (Å²) in [4.78, 5) is 11.1. The molecule has 1 aromatic carbocycles. The van der Waals surface area contributed by atoms with Gasteiger partial charge in [-0.3, -0.25) is 0 Å². The van der Waals surface area contributed by atoms with Gasteiger partial charge in [0.05, 0.1) is 24.7 Å². The highest BCUT2D eigenvalue weighted by Gasteiger charge is 2.38. The Morgan fingerprint density at radius 3 is 2.50 bits per heavy atom. The molecule has 140 valence electrons. The summed E-state index contributed by atoms with van der Waals surface area (Å²) in [5.74, 6) is 1.43. The molecule has 0 heterocycles. The number of nitrogens with zero attached hydrogens (tertiary/aromatic N) is 1. The van der Waals surface area contributed by atoms with E-state index in [0.717, 1.165) is 37.0 Å². The summed E-state index contributed by atoms with van der Waals surface area (Å²) < 4.78 is 11.6. The molecule has 0 unspecified atom stereocenters. The Morgan fingerprint density at radius 2 is 1.92 bits per heavy atom. The first-order valence-corrected chi connectivity index (χ1v) is 9.39. The third-order valence-electron chi connectivity index (χ3n) is 5.71. The van der Waals surface area contributed by atoms with E-state index >= 15 is 0 Å². The summed E-state index contributed by atoms with van der Waals surface area (Å²) in [5.41, 5.74) is 5.62. The molecule has 6 nitrogen and oxygen atoms in total. The Kier molecular flexibility index (Phi) is 5.55. The number of carbonyl (C=O) groups excluding carboxylic acids is 1. The van der Waals surface area contributed by atoms with Crippen LogP contribution in [0.15, 0.2) is 18.2 Å². The topological polar surface area (TPSA) is 97.4 Å². The van der Waals surface area contributed by atoms with E-state index < -0.39 is 11.4 Å². The van der Waals surface area contributed by atoms with Gasteiger partial charge in [0.2, 0.25) is 0 Å². The smallest absolute Gasteiger partial charge is 0.312 e. The molecule has 3 rings (SSSR count). The van der Waals surface area contributed by atoms with Gasteiger partial charge in [0.1, 0.15) is 0 Å². The highest BCUT2D eigenvalue weighted by Crippen LogP contribution is 2.42. The fourth-order valence-electron chi connectivity index (χ4n) is 4.17. The molecule has 0 spiro atoms. The molecular weight excluding hydrogens is 330 g/mol. The second-order valence-electron chi connectivity index (χ2n) is 7.37. The Hall–Kier alpha value is -2.42. The minimum absolute atomic E-state index is 0.0430. The van der Waals surface area contributed by atoms with Crippen molar-refractivity contribution in [3.05, 3.63) is 23.8 Å². The van der Waals surface area contributed by atoms with Gasteiger partial charge in [-0.2, -0.15) is 5.26 Å². The van der Waals surface area contributed by atoms with Crippen LogP contribution in [0.4, 0.5) is 4.79 Å². The van der Waals surface area contributed by atoms with Crippen molar-refractivity contribution in [1.29, 1.82) is 5.26 Å². The molecule has 2 amide bonds. The monoisotopic (exact) mass is 357 g/mol. The number of benzene rings is 1. The van der Waals surface area contributed by atoms with E-state index in [2.05, 4.69) is 11.4 Å². The molecule has 6 heteroatoms. The second-order valence-corrected chi connectivity index (χ2v) is 7.37. The van der Waals surface area contributed by atoms with E-state index in [1.807, 2.05) is 18.2 Å². The summed E-state index contributed by atoms with van der Waals surface area (Å²) in [5, 5.41) is 12.7. The maximum absolute atomic E-state index is 11.1. The normalized spacial score (nSPS) is 26.1. The van der Waals surface area contributed by atoms with E-state index in [0.29, 0.717) is 18.6 Å². The van der Waals surface area contributed by atoms with Gasteiger partial charge in [-0.05, 0) is 69.1 Å². The van der Waals surface area contributed by atoms with Crippen molar-refractivity contribution >= 4 is 6.03 Å². The zero-order chi connectivity index (χ0) is 18.6. The van der Waals surface area contributed by atoms with Crippen LogP contribution >= 0.6 is 0 Å². The number of amides is 2. The van der Waals surface area contributed by atoms with E-state index in [1.54, 1.807) is 7.11 Å². The number of urea groups is 1. The number of rotatable bonds is 5. The van der Waals surface area contributed by atoms with Crippen molar-refractivity contribution in [2.75, 3.05) is 7.11 Å². The van der Waals surface area contributed by atoms with Crippen LogP contribution in [0.2, 0.25) is 0 Å². The van der Waals surface area contributed by atoms with Gasteiger partial charge in [-0.25, -0.2) is 4.79 Å². The van der Waals surface area contributed by atoms with Crippen LogP contribution in [-0.2, 0) is 5.41 Å². The predicted molar refractivity (Wildman–Crippen MR) is 98.1 cm³/mol. The predicted octanol–water partition coefficient (Wildman–Crippen LogP) is 3.39. The van der Waals surface area contributed by atoms with Crippen molar-refractivity contribution < 1.29 is 14.3 Å². The molecule has 0 aromatic heterocycles. The minimum Gasteiger partial charge on any atom is -0.493 e. The summed E-state index contributed by atoms with van der Waals surface area (Å²) >= 11 is 0. The van der Waals surface area contributed by atoms with Crippen LogP contribution in [0, 0.1) is 11.3 Å². The number of ether oxygens (including phenoxy) is 2. The molecule has 0 atom stereocenters. The summed E-state index contributed by atoms with van der Waals surface area (Å²) in [7, 11) is 1.64. The Balaban J connectivity index is 1.80. The fraction of sp³-hybridized carbons (Fsp3) is 0.600. The average Bonchev–Trinajstić information content (AvgIpc) is 3.15.